The van der Waals surface area contributed by atoms with E-state index in [2.05, 4.69) is 11.0 Å². The molecule has 1 atom stereocenters. The third kappa shape index (κ3) is 4.87. The predicted molar refractivity (Wildman–Crippen MR) is 134 cm³/mol. The van der Waals surface area contributed by atoms with E-state index in [1.165, 1.54) is 24.3 Å². The number of sulfone groups is 1. The molecule has 10 heteroatoms. The summed E-state index contributed by atoms with van der Waals surface area (Å²) in [5.74, 6) is -0.383. The number of rotatable bonds is 5. The fraction of sp³-hybridized carbons (Fsp3) is 0.240. The highest BCUT2D eigenvalue weighted by Crippen LogP contribution is 2.34. The molecule has 1 heterocycles. The van der Waals surface area contributed by atoms with E-state index in [4.69, 9.17) is 11.6 Å². The van der Waals surface area contributed by atoms with Crippen molar-refractivity contribution < 1.29 is 18.1 Å². The molecule has 1 saturated heterocycles. The molecule has 182 valence electrons. The van der Waals surface area contributed by atoms with E-state index in [1.54, 1.807) is 11.0 Å². The zero-order chi connectivity index (χ0) is 25.3. The molecule has 1 fully saturated rings. The van der Waals surface area contributed by atoms with Crippen LogP contribution in [0.1, 0.15) is 22.8 Å². The molecular formula is C25H24ClN3O5S. The van der Waals surface area contributed by atoms with Gasteiger partial charge in [-0.2, -0.15) is 0 Å². The van der Waals surface area contributed by atoms with Gasteiger partial charge in [-0.3, -0.25) is 14.9 Å². The number of benzene rings is 3. The summed E-state index contributed by atoms with van der Waals surface area (Å²) in [5, 5.41) is 11.8. The van der Waals surface area contributed by atoms with Crippen molar-refractivity contribution >= 4 is 38.7 Å². The molecule has 0 radical (unpaired) electrons. The molecule has 4 rings (SSSR count). The van der Waals surface area contributed by atoms with Gasteiger partial charge in [0.25, 0.3) is 11.6 Å². The highest BCUT2D eigenvalue weighted by Gasteiger charge is 2.33. The van der Waals surface area contributed by atoms with Gasteiger partial charge in [-0.25, -0.2) is 8.42 Å². The number of anilines is 1. The molecule has 0 unspecified atom stereocenters. The van der Waals surface area contributed by atoms with E-state index in [-0.39, 0.29) is 27.4 Å². The third-order valence-electron chi connectivity index (χ3n) is 6.07. The van der Waals surface area contributed by atoms with Crippen LogP contribution in [0.4, 0.5) is 11.4 Å². The first-order valence-corrected chi connectivity index (χ1v) is 12.9. The average molecular weight is 514 g/mol. The molecule has 0 spiro atoms. The first kappa shape index (κ1) is 24.7. The first-order chi connectivity index (χ1) is 16.6. The van der Waals surface area contributed by atoms with Crippen LogP contribution >= 0.6 is 11.6 Å². The van der Waals surface area contributed by atoms with Crippen molar-refractivity contribution in [3.63, 3.8) is 0 Å². The number of carbonyl (C=O) groups excluding carboxylic acids is 1. The fourth-order valence-electron chi connectivity index (χ4n) is 4.29. The summed E-state index contributed by atoms with van der Waals surface area (Å²) in [6.07, 6.45) is 0. The van der Waals surface area contributed by atoms with Gasteiger partial charge in [-0.05, 0) is 55.8 Å². The van der Waals surface area contributed by atoms with Gasteiger partial charge in [0.2, 0.25) is 9.84 Å². The van der Waals surface area contributed by atoms with Crippen molar-refractivity contribution in [2.75, 3.05) is 24.5 Å². The molecule has 0 N–H and O–H groups in total. The number of carbonyl (C=O) groups is 1. The van der Waals surface area contributed by atoms with E-state index < -0.39 is 25.3 Å². The minimum absolute atomic E-state index is 0.0396. The van der Waals surface area contributed by atoms with Crippen molar-refractivity contribution in [3.05, 3.63) is 93.0 Å². The predicted octanol–water partition coefficient (Wildman–Crippen LogP) is 4.74. The summed E-state index contributed by atoms with van der Waals surface area (Å²) in [5.41, 5.74) is 1.62. The molecule has 35 heavy (non-hydrogen) atoms. The molecule has 0 aromatic heterocycles. The zero-order valence-corrected chi connectivity index (χ0v) is 20.8. The highest BCUT2D eigenvalue weighted by atomic mass is 35.5. The number of amides is 1. The van der Waals surface area contributed by atoms with Crippen LogP contribution in [0.25, 0.3) is 0 Å². The van der Waals surface area contributed by atoms with Gasteiger partial charge >= 0.3 is 0 Å². The second-order valence-corrected chi connectivity index (χ2v) is 10.8. The minimum Gasteiger partial charge on any atom is -0.368 e. The Morgan fingerprint density at radius 1 is 1.03 bits per heavy atom. The minimum atomic E-state index is -4.27. The molecule has 3 aromatic carbocycles. The van der Waals surface area contributed by atoms with Crippen molar-refractivity contribution in [1.29, 1.82) is 0 Å². The van der Waals surface area contributed by atoms with Gasteiger partial charge in [0.05, 0.1) is 14.8 Å². The van der Waals surface area contributed by atoms with Gasteiger partial charge in [0.15, 0.2) is 0 Å². The Balaban J connectivity index is 1.61. The quantitative estimate of drug-likeness (QED) is 0.361. The third-order valence-corrected chi connectivity index (χ3v) is 8.37. The summed E-state index contributed by atoms with van der Waals surface area (Å²) >= 11 is 6.04. The van der Waals surface area contributed by atoms with E-state index in [0.29, 0.717) is 19.6 Å². The molecule has 0 saturated carbocycles. The second kappa shape index (κ2) is 9.67. The Labute approximate surface area is 208 Å². The van der Waals surface area contributed by atoms with Gasteiger partial charge in [0, 0.05) is 43.0 Å². The summed E-state index contributed by atoms with van der Waals surface area (Å²) in [6.45, 7) is 5.60. The van der Waals surface area contributed by atoms with Crippen LogP contribution in [-0.2, 0) is 9.84 Å². The smallest absolute Gasteiger partial charge is 0.289 e. The summed E-state index contributed by atoms with van der Waals surface area (Å²) in [7, 11) is -4.27. The molecule has 0 bridgehead atoms. The fourth-order valence-corrected chi connectivity index (χ4v) is 6.20. The first-order valence-electron chi connectivity index (χ1n) is 11.0. The van der Waals surface area contributed by atoms with Crippen LogP contribution in [0.5, 0.6) is 0 Å². The number of hydrogen-bond acceptors (Lipinski definition) is 6. The Hall–Kier alpha value is -3.43. The zero-order valence-electron chi connectivity index (χ0n) is 19.2. The molecule has 8 nitrogen and oxygen atoms in total. The van der Waals surface area contributed by atoms with Gasteiger partial charge < -0.3 is 9.80 Å². The highest BCUT2D eigenvalue weighted by molar-refractivity contribution is 7.91. The Morgan fingerprint density at radius 2 is 1.77 bits per heavy atom. The maximum atomic E-state index is 13.3. The Kier molecular flexibility index (Phi) is 6.82. The molecule has 3 aromatic rings. The lowest BCUT2D eigenvalue weighted by molar-refractivity contribution is -0.387. The van der Waals surface area contributed by atoms with Crippen LogP contribution in [-0.4, -0.2) is 49.8 Å². The van der Waals surface area contributed by atoms with Crippen molar-refractivity contribution in [2.45, 2.75) is 29.7 Å². The second-order valence-electron chi connectivity index (χ2n) is 8.51. The SMILES string of the molecule is Cc1cccc(N2CCN(C(=O)c3ccc(S(=O)(=O)c4ccccc4Cl)c([N+](=O)[O-])c3)[C@H](C)C2)c1. The molecule has 0 aliphatic carbocycles. The number of aryl methyl sites for hydroxylation is 1. The Morgan fingerprint density at radius 3 is 2.43 bits per heavy atom. The van der Waals surface area contributed by atoms with Crippen LogP contribution in [0.3, 0.4) is 0 Å². The normalized spacial score (nSPS) is 16.3. The molecule has 1 aliphatic rings. The lowest BCUT2D eigenvalue weighted by Crippen LogP contribution is -2.54. The maximum Gasteiger partial charge on any atom is 0.289 e. The number of nitro groups is 1. The summed E-state index contributed by atoms with van der Waals surface area (Å²) in [6, 6.07) is 17.2. The summed E-state index contributed by atoms with van der Waals surface area (Å²) in [4.78, 5) is 27.4. The van der Waals surface area contributed by atoms with Crippen molar-refractivity contribution in [1.82, 2.24) is 4.90 Å². The van der Waals surface area contributed by atoms with Crippen LogP contribution in [0.2, 0.25) is 5.02 Å². The topological polar surface area (TPSA) is 101 Å². The molecular weight excluding hydrogens is 490 g/mol. The van der Waals surface area contributed by atoms with E-state index >= 15 is 0 Å². The Bertz CT molecular complexity index is 1410. The van der Waals surface area contributed by atoms with Crippen LogP contribution in [0, 0.1) is 17.0 Å². The molecule has 1 amide bonds. The van der Waals surface area contributed by atoms with Gasteiger partial charge in [-0.15, -0.1) is 0 Å². The molecule has 1 aliphatic heterocycles. The van der Waals surface area contributed by atoms with Crippen LogP contribution in [0.15, 0.2) is 76.5 Å². The van der Waals surface area contributed by atoms with Gasteiger partial charge in [-0.1, -0.05) is 35.9 Å². The lowest BCUT2D eigenvalue weighted by atomic mass is 10.1. The monoisotopic (exact) mass is 513 g/mol. The number of hydrogen-bond donors (Lipinski definition) is 0. The average Bonchev–Trinajstić information content (AvgIpc) is 2.83. The van der Waals surface area contributed by atoms with E-state index in [9.17, 15) is 23.3 Å². The number of halogens is 1. The number of nitrogens with zero attached hydrogens (tertiary/aromatic N) is 3. The van der Waals surface area contributed by atoms with Crippen molar-refractivity contribution in [3.8, 4) is 0 Å². The van der Waals surface area contributed by atoms with Crippen molar-refractivity contribution in [2.24, 2.45) is 0 Å². The number of nitro benzene ring substituents is 1. The maximum absolute atomic E-state index is 13.3. The largest absolute Gasteiger partial charge is 0.368 e. The van der Waals surface area contributed by atoms with Gasteiger partial charge in [0.1, 0.15) is 4.90 Å². The van der Waals surface area contributed by atoms with Crippen LogP contribution < -0.4 is 4.90 Å². The number of piperazine rings is 1. The van der Waals surface area contributed by atoms with E-state index in [0.717, 1.165) is 23.4 Å². The van der Waals surface area contributed by atoms with E-state index in [1.807, 2.05) is 32.0 Å². The standard InChI is InChI=1S/C25H24ClN3O5S/c1-17-6-5-7-20(14-17)27-12-13-28(18(2)16-27)25(30)19-10-11-24(22(15-19)29(31)32)35(33,34)23-9-4-3-8-21(23)26/h3-11,14-15,18H,12-13,16H2,1-2H3/t18-/m1/s1. The summed E-state index contributed by atoms with van der Waals surface area (Å²) < 4.78 is 26.2. The lowest BCUT2D eigenvalue weighted by Gasteiger charge is -2.41.